The van der Waals surface area contributed by atoms with Gasteiger partial charge in [0.25, 0.3) is 5.91 Å². The van der Waals surface area contributed by atoms with Gasteiger partial charge < -0.3 is 15.7 Å². The number of aliphatic hydroxyl groups excluding tert-OH is 1. The normalized spacial score (nSPS) is 14.8. The number of aliphatic hydroxyl groups is 1. The zero-order chi connectivity index (χ0) is 15.8. The second-order valence-electron chi connectivity index (χ2n) is 5.81. The Bertz CT molecular complexity index is 493. The van der Waals surface area contributed by atoms with Gasteiger partial charge in [-0.25, -0.2) is 0 Å². The van der Waals surface area contributed by atoms with E-state index >= 15 is 0 Å². The third kappa shape index (κ3) is 5.15. The summed E-state index contributed by atoms with van der Waals surface area (Å²) in [5.41, 5.74) is 1.27. The van der Waals surface area contributed by atoms with E-state index in [1.807, 2.05) is 0 Å². The Balaban J connectivity index is 1.80. The number of rotatable bonds is 7. The summed E-state index contributed by atoms with van der Waals surface area (Å²) >= 11 is 0. The number of amides is 2. The number of nitrogens with one attached hydrogen (secondary N) is 2. The van der Waals surface area contributed by atoms with Crippen molar-refractivity contribution in [3.05, 3.63) is 29.8 Å². The van der Waals surface area contributed by atoms with Crippen LogP contribution in [-0.4, -0.2) is 30.1 Å². The highest BCUT2D eigenvalue weighted by atomic mass is 16.3. The van der Waals surface area contributed by atoms with Gasteiger partial charge in [0.1, 0.15) is 0 Å². The minimum atomic E-state index is -0.169. The van der Waals surface area contributed by atoms with Crippen LogP contribution >= 0.6 is 0 Å². The van der Waals surface area contributed by atoms with Crippen LogP contribution in [0.1, 0.15) is 48.9 Å². The fourth-order valence-corrected chi connectivity index (χ4v) is 2.78. The van der Waals surface area contributed by atoms with Gasteiger partial charge in [0.2, 0.25) is 5.91 Å². The summed E-state index contributed by atoms with van der Waals surface area (Å²) in [4.78, 5) is 23.8. The Morgan fingerprint density at radius 3 is 2.45 bits per heavy atom. The molecule has 0 spiro atoms. The summed E-state index contributed by atoms with van der Waals surface area (Å²) in [6.07, 6.45) is 5.90. The average Bonchev–Trinajstić information content (AvgIpc) is 3.01. The van der Waals surface area contributed by atoms with Crippen molar-refractivity contribution in [3.63, 3.8) is 0 Å². The molecule has 0 aromatic heterocycles. The Labute approximate surface area is 131 Å². The number of hydrogen-bond acceptors (Lipinski definition) is 3. The van der Waals surface area contributed by atoms with Crippen molar-refractivity contribution in [3.8, 4) is 0 Å². The van der Waals surface area contributed by atoms with Crippen molar-refractivity contribution < 1.29 is 14.7 Å². The molecule has 1 aromatic rings. The lowest BCUT2D eigenvalue weighted by Gasteiger charge is -2.10. The largest absolute Gasteiger partial charge is 0.396 e. The second kappa shape index (κ2) is 8.54. The molecular weight excluding hydrogens is 280 g/mol. The van der Waals surface area contributed by atoms with E-state index in [4.69, 9.17) is 5.11 Å². The molecule has 22 heavy (non-hydrogen) atoms. The van der Waals surface area contributed by atoms with E-state index in [1.165, 1.54) is 12.8 Å². The highest BCUT2D eigenvalue weighted by Gasteiger charge is 2.18. The maximum atomic E-state index is 11.9. The zero-order valence-electron chi connectivity index (χ0n) is 12.8. The van der Waals surface area contributed by atoms with Crippen LogP contribution in [0.15, 0.2) is 24.3 Å². The van der Waals surface area contributed by atoms with Gasteiger partial charge >= 0.3 is 0 Å². The summed E-state index contributed by atoms with van der Waals surface area (Å²) < 4.78 is 0. The lowest BCUT2D eigenvalue weighted by molar-refractivity contribution is -0.117. The second-order valence-corrected chi connectivity index (χ2v) is 5.81. The van der Waals surface area contributed by atoms with Gasteiger partial charge in [-0.05, 0) is 49.4 Å². The maximum absolute atomic E-state index is 11.9. The summed E-state index contributed by atoms with van der Waals surface area (Å²) in [5.74, 6) is 0.404. The third-order valence-electron chi connectivity index (χ3n) is 4.00. The number of benzene rings is 1. The molecule has 0 bridgehead atoms. The summed E-state index contributed by atoms with van der Waals surface area (Å²) in [5, 5.41) is 14.3. The smallest absolute Gasteiger partial charge is 0.251 e. The van der Waals surface area contributed by atoms with Crippen LogP contribution in [0.4, 0.5) is 5.69 Å². The third-order valence-corrected chi connectivity index (χ3v) is 4.00. The van der Waals surface area contributed by atoms with E-state index in [0.717, 1.165) is 18.5 Å². The van der Waals surface area contributed by atoms with Crippen molar-refractivity contribution in [2.45, 2.75) is 38.5 Å². The minimum Gasteiger partial charge on any atom is -0.396 e. The standard InChI is InChI=1S/C17H24N2O3/c20-11-3-10-18-17(22)14-6-8-15(9-7-14)19-16(21)12-13-4-1-2-5-13/h6-9,13,20H,1-5,10-12H2,(H,18,22)(H,19,21). The topological polar surface area (TPSA) is 78.4 Å². The summed E-state index contributed by atoms with van der Waals surface area (Å²) in [6.45, 7) is 0.515. The van der Waals surface area contributed by atoms with E-state index in [1.54, 1.807) is 24.3 Å². The molecule has 120 valence electrons. The molecule has 2 amide bonds. The molecule has 0 saturated heterocycles. The summed E-state index contributed by atoms with van der Waals surface area (Å²) in [6, 6.07) is 6.87. The monoisotopic (exact) mass is 304 g/mol. The van der Waals surface area contributed by atoms with Crippen LogP contribution in [0.3, 0.4) is 0 Å². The molecule has 5 heteroatoms. The molecule has 3 N–H and O–H groups in total. The lowest BCUT2D eigenvalue weighted by Crippen LogP contribution is -2.25. The molecule has 0 heterocycles. The van der Waals surface area contributed by atoms with Crippen molar-refractivity contribution in [2.24, 2.45) is 5.92 Å². The van der Waals surface area contributed by atoms with Crippen LogP contribution in [-0.2, 0) is 4.79 Å². The van der Waals surface area contributed by atoms with Gasteiger partial charge in [0.05, 0.1) is 0 Å². The van der Waals surface area contributed by atoms with Gasteiger partial charge in [0.15, 0.2) is 0 Å². The first-order chi connectivity index (χ1) is 10.7. The van der Waals surface area contributed by atoms with Crippen LogP contribution in [0.25, 0.3) is 0 Å². The van der Waals surface area contributed by atoms with E-state index in [0.29, 0.717) is 30.9 Å². The molecule has 2 rings (SSSR count). The number of hydrogen-bond donors (Lipinski definition) is 3. The average molecular weight is 304 g/mol. The number of carbonyl (C=O) groups excluding carboxylic acids is 2. The van der Waals surface area contributed by atoms with Gasteiger partial charge in [-0.3, -0.25) is 9.59 Å². The van der Waals surface area contributed by atoms with Crippen LogP contribution in [0, 0.1) is 5.92 Å². The predicted molar refractivity (Wildman–Crippen MR) is 85.7 cm³/mol. The Kier molecular flexibility index (Phi) is 6.40. The quantitative estimate of drug-likeness (QED) is 0.676. The first kappa shape index (κ1) is 16.5. The van der Waals surface area contributed by atoms with Crippen molar-refractivity contribution in [1.29, 1.82) is 0 Å². The first-order valence-electron chi connectivity index (χ1n) is 7.98. The van der Waals surface area contributed by atoms with Gasteiger partial charge in [-0.1, -0.05) is 12.8 Å². The Hall–Kier alpha value is -1.88. The van der Waals surface area contributed by atoms with Gasteiger partial charge in [-0.15, -0.1) is 0 Å². The van der Waals surface area contributed by atoms with Gasteiger partial charge in [-0.2, -0.15) is 0 Å². The predicted octanol–water partition coefficient (Wildman–Crippen LogP) is 2.32. The molecule has 1 aromatic carbocycles. The van der Waals surface area contributed by atoms with E-state index in [2.05, 4.69) is 10.6 Å². The molecule has 1 fully saturated rings. The molecule has 0 atom stereocenters. The lowest BCUT2D eigenvalue weighted by atomic mass is 10.0. The van der Waals surface area contributed by atoms with Crippen molar-refractivity contribution in [2.75, 3.05) is 18.5 Å². The fourth-order valence-electron chi connectivity index (χ4n) is 2.78. The maximum Gasteiger partial charge on any atom is 0.251 e. The Morgan fingerprint density at radius 1 is 1.14 bits per heavy atom. The van der Waals surface area contributed by atoms with Crippen molar-refractivity contribution >= 4 is 17.5 Å². The first-order valence-corrected chi connectivity index (χ1v) is 7.98. The molecule has 1 saturated carbocycles. The Morgan fingerprint density at radius 2 is 1.82 bits per heavy atom. The molecule has 1 aliphatic carbocycles. The zero-order valence-corrected chi connectivity index (χ0v) is 12.8. The highest BCUT2D eigenvalue weighted by Crippen LogP contribution is 2.27. The molecule has 0 unspecified atom stereocenters. The summed E-state index contributed by atoms with van der Waals surface area (Å²) in [7, 11) is 0. The highest BCUT2D eigenvalue weighted by molar-refractivity contribution is 5.95. The van der Waals surface area contributed by atoms with Crippen LogP contribution in [0.5, 0.6) is 0 Å². The number of carbonyl (C=O) groups is 2. The fraction of sp³-hybridized carbons (Fsp3) is 0.529. The SMILES string of the molecule is O=C(CC1CCCC1)Nc1ccc(C(=O)NCCCO)cc1. The molecule has 5 nitrogen and oxygen atoms in total. The number of anilines is 1. The minimum absolute atomic E-state index is 0.0482. The van der Waals surface area contributed by atoms with Crippen molar-refractivity contribution in [1.82, 2.24) is 5.32 Å². The van der Waals surface area contributed by atoms with Crippen LogP contribution in [0.2, 0.25) is 0 Å². The molecular formula is C17H24N2O3. The van der Waals surface area contributed by atoms with E-state index in [9.17, 15) is 9.59 Å². The van der Waals surface area contributed by atoms with E-state index in [-0.39, 0.29) is 18.4 Å². The molecule has 0 aliphatic heterocycles. The van der Waals surface area contributed by atoms with Crippen LogP contribution < -0.4 is 10.6 Å². The molecule has 0 radical (unpaired) electrons. The van der Waals surface area contributed by atoms with Gasteiger partial charge in [0, 0.05) is 30.8 Å². The molecule has 1 aliphatic rings. The van der Waals surface area contributed by atoms with E-state index < -0.39 is 0 Å².